The quantitative estimate of drug-likeness (QED) is 0.550. The lowest BCUT2D eigenvalue weighted by atomic mass is 9.96. The number of nitrogens with zero attached hydrogens (tertiary/aromatic N) is 1. The van der Waals surface area contributed by atoms with Crippen LogP contribution in [-0.2, 0) is 9.47 Å². The zero-order valence-electron chi connectivity index (χ0n) is 10.5. The number of aliphatic hydroxyl groups is 1. The van der Waals surface area contributed by atoms with Gasteiger partial charge in [-0.15, -0.1) is 0 Å². The molecule has 0 amide bonds. The Labute approximate surface area is 122 Å². The number of methoxy groups -OCH3 is 1. The van der Waals surface area contributed by atoms with Gasteiger partial charge in [-0.05, 0) is 6.92 Å². The molecule has 1 saturated heterocycles. The van der Waals surface area contributed by atoms with E-state index in [2.05, 4.69) is 27.6 Å². The number of aromatic nitrogens is 2. The first-order valence-electron chi connectivity index (χ1n) is 5.70. The van der Waals surface area contributed by atoms with Crippen molar-refractivity contribution in [2.75, 3.05) is 11.5 Å². The Morgan fingerprint density at radius 2 is 2.32 bits per heavy atom. The molecular weight excluding hydrogens is 367 g/mol. The van der Waals surface area contributed by atoms with Crippen LogP contribution in [0.4, 0.5) is 0 Å². The van der Waals surface area contributed by atoms with E-state index < -0.39 is 35.3 Å². The monoisotopic (exact) mass is 382 g/mol. The normalized spacial score (nSPS) is 34.6. The van der Waals surface area contributed by atoms with Gasteiger partial charge in [0.2, 0.25) is 0 Å². The van der Waals surface area contributed by atoms with Gasteiger partial charge in [0.1, 0.15) is 11.7 Å². The fourth-order valence-corrected chi connectivity index (χ4v) is 2.88. The van der Waals surface area contributed by atoms with Crippen molar-refractivity contribution in [3.8, 4) is 0 Å². The third-order valence-corrected chi connectivity index (χ3v) is 4.30. The van der Waals surface area contributed by atoms with Gasteiger partial charge in [-0.3, -0.25) is 14.3 Å². The molecule has 2 rings (SSSR count). The molecule has 0 aromatic carbocycles. The van der Waals surface area contributed by atoms with E-state index in [1.54, 1.807) is 6.92 Å². The Hall–Kier alpha value is -0.710. The molecule has 8 heteroatoms. The number of hydrogen-bond acceptors (Lipinski definition) is 5. The second kappa shape index (κ2) is 5.35. The van der Waals surface area contributed by atoms with E-state index in [1.165, 1.54) is 23.9 Å². The van der Waals surface area contributed by atoms with E-state index in [4.69, 9.17) is 9.47 Å². The molecule has 1 fully saturated rings. The van der Waals surface area contributed by atoms with E-state index in [1.807, 2.05) is 0 Å². The molecular formula is C11H15IN2O5. The van der Waals surface area contributed by atoms with Gasteiger partial charge in [-0.2, -0.15) is 0 Å². The molecule has 0 radical (unpaired) electrons. The van der Waals surface area contributed by atoms with E-state index >= 15 is 0 Å². The number of ether oxygens (including phenoxy) is 2. The topological polar surface area (TPSA) is 93.5 Å². The highest BCUT2D eigenvalue weighted by molar-refractivity contribution is 14.1. The molecule has 7 nitrogen and oxygen atoms in total. The molecule has 1 aliphatic rings. The van der Waals surface area contributed by atoms with Crippen molar-refractivity contribution >= 4 is 22.6 Å². The van der Waals surface area contributed by atoms with Crippen molar-refractivity contribution in [3.05, 3.63) is 33.1 Å². The number of aliphatic hydroxyl groups excluding tert-OH is 1. The maximum absolute atomic E-state index is 11.8. The largest absolute Gasteiger partial charge is 0.387 e. The molecule has 0 bridgehead atoms. The van der Waals surface area contributed by atoms with Crippen LogP contribution in [0, 0.1) is 0 Å². The van der Waals surface area contributed by atoms with Gasteiger partial charge < -0.3 is 14.6 Å². The van der Waals surface area contributed by atoms with Gasteiger partial charge in [0.15, 0.2) is 6.23 Å². The number of halogens is 1. The van der Waals surface area contributed by atoms with Gasteiger partial charge in [-0.25, -0.2) is 4.79 Å². The smallest absolute Gasteiger partial charge is 0.330 e. The summed E-state index contributed by atoms with van der Waals surface area (Å²) in [4.78, 5) is 25.1. The molecule has 0 unspecified atom stereocenters. The summed E-state index contributed by atoms with van der Waals surface area (Å²) in [5.41, 5.74) is -2.14. The first-order chi connectivity index (χ1) is 8.93. The Balaban J connectivity index is 2.48. The highest BCUT2D eigenvalue weighted by atomic mass is 127. The van der Waals surface area contributed by atoms with Crippen LogP contribution in [0.5, 0.6) is 0 Å². The van der Waals surface area contributed by atoms with Crippen LogP contribution < -0.4 is 11.2 Å². The fraction of sp³-hybridized carbons (Fsp3) is 0.636. The minimum Gasteiger partial charge on any atom is -0.387 e. The third-order valence-electron chi connectivity index (χ3n) is 3.43. The first kappa shape index (κ1) is 14.7. The number of H-pyrrole nitrogens is 1. The lowest BCUT2D eigenvalue weighted by molar-refractivity contribution is -0.121. The first-order valence-corrected chi connectivity index (χ1v) is 7.22. The number of nitrogens with one attached hydrogen (secondary N) is 1. The van der Waals surface area contributed by atoms with Crippen molar-refractivity contribution in [1.82, 2.24) is 9.55 Å². The van der Waals surface area contributed by atoms with Gasteiger partial charge in [0, 0.05) is 23.8 Å². The molecule has 2 heterocycles. The van der Waals surface area contributed by atoms with Crippen LogP contribution >= 0.6 is 22.6 Å². The number of aromatic amines is 1. The van der Waals surface area contributed by atoms with Gasteiger partial charge in [0.05, 0.1) is 6.10 Å². The Morgan fingerprint density at radius 1 is 1.63 bits per heavy atom. The summed E-state index contributed by atoms with van der Waals surface area (Å²) in [5.74, 6) is 0. The SMILES string of the molecule is CO[C@]1(C)[C@H](O)[C@@H](CI)O[C@H]1n1ccc(=O)[nH]c1=O. The maximum atomic E-state index is 11.8. The highest BCUT2D eigenvalue weighted by Crippen LogP contribution is 2.40. The minimum absolute atomic E-state index is 0.436. The van der Waals surface area contributed by atoms with E-state index in [0.29, 0.717) is 4.43 Å². The lowest BCUT2D eigenvalue weighted by Crippen LogP contribution is -2.48. The van der Waals surface area contributed by atoms with E-state index in [9.17, 15) is 14.7 Å². The molecule has 1 aromatic heterocycles. The van der Waals surface area contributed by atoms with Crippen molar-refractivity contribution in [2.24, 2.45) is 0 Å². The average molecular weight is 382 g/mol. The Bertz CT molecular complexity index is 571. The second-order valence-electron chi connectivity index (χ2n) is 4.53. The maximum Gasteiger partial charge on any atom is 0.330 e. The molecule has 1 aliphatic heterocycles. The van der Waals surface area contributed by atoms with Gasteiger partial charge >= 0.3 is 5.69 Å². The van der Waals surface area contributed by atoms with E-state index in [0.717, 1.165) is 0 Å². The van der Waals surface area contributed by atoms with E-state index in [-0.39, 0.29) is 0 Å². The van der Waals surface area contributed by atoms with Crippen molar-refractivity contribution in [2.45, 2.75) is 31.0 Å². The molecule has 0 spiro atoms. The van der Waals surface area contributed by atoms with Crippen molar-refractivity contribution in [3.63, 3.8) is 0 Å². The summed E-state index contributed by atoms with van der Waals surface area (Å²) < 4.78 is 12.8. The second-order valence-corrected chi connectivity index (χ2v) is 5.41. The summed E-state index contributed by atoms with van der Waals surface area (Å²) in [6.07, 6.45) is -0.755. The Kier molecular flexibility index (Phi) is 4.14. The molecule has 1 aromatic rings. The number of rotatable bonds is 3. The fourth-order valence-electron chi connectivity index (χ4n) is 2.19. The zero-order chi connectivity index (χ0) is 14.2. The molecule has 106 valence electrons. The van der Waals surface area contributed by atoms with Crippen molar-refractivity contribution in [1.29, 1.82) is 0 Å². The predicted octanol–water partition coefficient (Wildman–Crippen LogP) is -0.365. The van der Waals surface area contributed by atoms with Crippen LogP contribution in [0.3, 0.4) is 0 Å². The van der Waals surface area contributed by atoms with Crippen LogP contribution in [0.2, 0.25) is 0 Å². The summed E-state index contributed by atoms with van der Waals surface area (Å²) in [5, 5.41) is 10.2. The zero-order valence-corrected chi connectivity index (χ0v) is 12.7. The van der Waals surface area contributed by atoms with Gasteiger partial charge in [-0.1, -0.05) is 22.6 Å². The summed E-state index contributed by atoms with van der Waals surface area (Å²) in [6, 6.07) is 1.23. The summed E-state index contributed by atoms with van der Waals surface area (Å²) in [7, 11) is 1.45. The number of alkyl halides is 1. The molecule has 0 aliphatic carbocycles. The summed E-state index contributed by atoms with van der Waals surface area (Å²) >= 11 is 2.10. The highest BCUT2D eigenvalue weighted by Gasteiger charge is 2.54. The molecule has 0 saturated carbocycles. The predicted molar refractivity (Wildman–Crippen MR) is 75.5 cm³/mol. The van der Waals surface area contributed by atoms with Gasteiger partial charge in [0.25, 0.3) is 5.56 Å². The molecule has 2 N–H and O–H groups in total. The van der Waals surface area contributed by atoms with Crippen molar-refractivity contribution < 1.29 is 14.6 Å². The minimum atomic E-state index is -1.06. The van der Waals surface area contributed by atoms with Crippen LogP contribution in [0.25, 0.3) is 0 Å². The lowest BCUT2D eigenvalue weighted by Gasteiger charge is -2.31. The molecule has 19 heavy (non-hydrogen) atoms. The standard InChI is InChI=1S/C11H15IN2O5/c1-11(18-2)8(16)6(5-12)19-9(11)14-4-3-7(15)13-10(14)17/h3-4,6,8-9,16H,5H2,1-2H3,(H,13,15,17)/t6-,8-,9-,11-/m1/s1. The third kappa shape index (κ3) is 2.37. The number of hydrogen-bond donors (Lipinski definition) is 2. The Morgan fingerprint density at radius 3 is 2.84 bits per heavy atom. The van der Waals surface area contributed by atoms with Crippen LogP contribution in [-0.4, -0.2) is 44.0 Å². The van der Waals surface area contributed by atoms with Crippen LogP contribution in [0.15, 0.2) is 21.9 Å². The summed E-state index contributed by atoms with van der Waals surface area (Å²) in [6.45, 7) is 1.67. The average Bonchev–Trinajstić information content (AvgIpc) is 2.63. The van der Waals surface area contributed by atoms with Crippen LogP contribution in [0.1, 0.15) is 13.2 Å². The molecule has 4 atom stereocenters.